The number of para-hydroxylation sites is 1. The fraction of sp³-hybridized carbons (Fsp3) is 0.581. The first kappa shape index (κ1) is 29.0. The number of hydrogen-bond donors (Lipinski definition) is 1. The lowest BCUT2D eigenvalue weighted by Crippen LogP contribution is -2.59. The summed E-state index contributed by atoms with van der Waals surface area (Å²) in [7, 11) is 0. The molecule has 3 heterocycles. The smallest absolute Gasteiger partial charge is 0.312 e. The summed E-state index contributed by atoms with van der Waals surface area (Å²) >= 11 is 0. The van der Waals surface area contributed by atoms with Gasteiger partial charge in [0.1, 0.15) is 17.6 Å². The summed E-state index contributed by atoms with van der Waals surface area (Å²) in [6.07, 6.45) is 5.84. The summed E-state index contributed by atoms with van der Waals surface area (Å²) < 4.78 is 12.4. The fourth-order valence-electron chi connectivity index (χ4n) is 7.23. The third kappa shape index (κ3) is 4.42. The summed E-state index contributed by atoms with van der Waals surface area (Å²) in [4.78, 5) is 45.8. The lowest BCUT2D eigenvalue weighted by molar-refractivity contribution is -0.162. The summed E-state index contributed by atoms with van der Waals surface area (Å²) in [5, 5.41) is 10.3. The number of esters is 1. The number of nitrogens with zero attached hydrogens (tertiary/aromatic N) is 2. The minimum atomic E-state index is -1.19. The number of likely N-dealkylation sites (tertiary alicyclic amines) is 1. The highest BCUT2D eigenvalue weighted by atomic mass is 16.6. The van der Waals surface area contributed by atoms with Crippen LogP contribution in [0.1, 0.15) is 57.1 Å². The monoisotopic (exact) mass is 538 g/mol. The molecule has 39 heavy (non-hydrogen) atoms. The molecule has 0 aliphatic carbocycles. The zero-order valence-electron chi connectivity index (χ0n) is 23.7. The number of benzene rings is 1. The Labute approximate surface area is 231 Å². The van der Waals surface area contributed by atoms with Crippen molar-refractivity contribution in [2.24, 2.45) is 11.8 Å². The zero-order valence-corrected chi connectivity index (χ0v) is 23.7. The summed E-state index contributed by atoms with van der Waals surface area (Å²) in [6, 6.07) is 4.26. The molecule has 1 aromatic carbocycles. The van der Waals surface area contributed by atoms with Gasteiger partial charge in [0.05, 0.1) is 30.8 Å². The van der Waals surface area contributed by atoms with Gasteiger partial charge in [-0.25, -0.2) is 0 Å². The second kappa shape index (κ2) is 11.3. The molecule has 3 aliphatic rings. The van der Waals surface area contributed by atoms with Gasteiger partial charge < -0.3 is 24.4 Å². The molecule has 0 aromatic heterocycles. The van der Waals surface area contributed by atoms with Gasteiger partial charge in [0, 0.05) is 12.2 Å². The van der Waals surface area contributed by atoms with Crippen molar-refractivity contribution < 1.29 is 29.0 Å². The number of ether oxygens (including phenoxy) is 2. The number of aryl methyl sites for hydroxylation is 2. The lowest BCUT2D eigenvalue weighted by Gasteiger charge is -2.40. The van der Waals surface area contributed by atoms with E-state index in [9.17, 15) is 19.5 Å². The second-order valence-electron chi connectivity index (χ2n) is 11.0. The van der Waals surface area contributed by atoms with Crippen molar-refractivity contribution in [2.75, 3.05) is 24.7 Å². The highest BCUT2D eigenvalue weighted by Gasteiger charge is 2.79. The lowest BCUT2D eigenvalue weighted by atomic mass is 9.65. The van der Waals surface area contributed by atoms with Crippen LogP contribution in [0.2, 0.25) is 0 Å². The minimum Gasteiger partial charge on any atom is -0.465 e. The van der Waals surface area contributed by atoms with E-state index in [1.807, 2.05) is 45.9 Å². The molecule has 0 radical (unpaired) electrons. The number of aliphatic hydroxyl groups excluding tert-OH is 1. The topological polar surface area (TPSA) is 96.4 Å². The average molecular weight is 539 g/mol. The Kier molecular flexibility index (Phi) is 8.38. The van der Waals surface area contributed by atoms with Gasteiger partial charge in [-0.2, -0.15) is 0 Å². The number of fused-ring (bicyclic) bond motifs is 1. The van der Waals surface area contributed by atoms with Gasteiger partial charge >= 0.3 is 5.97 Å². The Morgan fingerprint density at radius 1 is 1.23 bits per heavy atom. The number of rotatable bonds is 12. The average Bonchev–Trinajstić information content (AvgIpc) is 3.52. The standard InChI is InChI=1S/C31H42N2O6/c1-7-11-18-38-29(37)24-23-27(35)33(22(9-3)19-34)26(31(23)16-15-30(24,10-4)39-31)28(36)32(17-8-2)25-20(5)13-12-14-21(25)6/h7-8,12-14,22-24,26,34H,1-2,9-11,15-19H2,3-6H3/t22-,23-,24-,26?,30+,31?/m0/s1. The molecule has 3 fully saturated rings. The molecule has 4 rings (SSSR count). The number of carbonyl (C=O) groups is 3. The fourth-order valence-corrected chi connectivity index (χ4v) is 7.23. The van der Waals surface area contributed by atoms with E-state index in [0.717, 1.165) is 16.8 Å². The first-order chi connectivity index (χ1) is 18.7. The van der Waals surface area contributed by atoms with E-state index in [0.29, 0.717) is 32.1 Å². The van der Waals surface area contributed by atoms with Crippen LogP contribution in [0.4, 0.5) is 5.69 Å². The Bertz CT molecular complexity index is 1130. The van der Waals surface area contributed by atoms with Crippen LogP contribution in [0.25, 0.3) is 0 Å². The molecular weight excluding hydrogens is 496 g/mol. The van der Waals surface area contributed by atoms with Crippen molar-refractivity contribution in [1.29, 1.82) is 0 Å². The first-order valence-electron chi connectivity index (χ1n) is 14.1. The summed E-state index contributed by atoms with van der Waals surface area (Å²) in [5.41, 5.74) is 0.554. The van der Waals surface area contributed by atoms with Crippen molar-refractivity contribution in [3.05, 3.63) is 54.6 Å². The minimum absolute atomic E-state index is 0.173. The molecule has 8 nitrogen and oxygen atoms in total. The van der Waals surface area contributed by atoms with Crippen molar-refractivity contribution in [2.45, 2.75) is 83.1 Å². The highest BCUT2D eigenvalue weighted by Crippen LogP contribution is 2.65. The zero-order chi connectivity index (χ0) is 28.5. The maximum atomic E-state index is 14.7. The van der Waals surface area contributed by atoms with Crippen LogP contribution in [0, 0.1) is 25.7 Å². The Hall–Kier alpha value is -2.97. The quantitative estimate of drug-likeness (QED) is 0.247. The number of amides is 2. The number of carbonyl (C=O) groups excluding carboxylic acids is 3. The van der Waals surface area contributed by atoms with Crippen molar-refractivity contribution >= 4 is 23.5 Å². The van der Waals surface area contributed by atoms with Gasteiger partial charge in [-0.15, -0.1) is 13.2 Å². The van der Waals surface area contributed by atoms with Crippen LogP contribution < -0.4 is 4.90 Å². The van der Waals surface area contributed by atoms with E-state index < -0.39 is 41.1 Å². The molecule has 0 saturated carbocycles. The van der Waals surface area contributed by atoms with E-state index in [1.165, 1.54) is 4.90 Å². The van der Waals surface area contributed by atoms with Crippen LogP contribution >= 0.6 is 0 Å². The van der Waals surface area contributed by atoms with E-state index in [2.05, 4.69) is 13.2 Å². The van der Waals surface area contributed by atoms with Crippen molar-refractivity contribution in [1.82, 2.24) is 4.90 Å². The maximum Gasteiger partial charge on any atom is 0.312 e. The normalized spacial score (nSPS) is 29.7. The van der Waals surface area contributed by atoms with Crippen molar-refractivity contribution in [3.8, 4) is 0 Å². The van der Waals surface area contributed by atoms with Gasteiger partial charge in [0.2, 0.25) is 5.91 Å². The summed E-state index contributed by atoms with van der Waals surface area (Å²) in [5.74, 6) is -2.77. The Morgan fingerprint density at radius 3 is 2.49 bits per heavy atom. The molecule has 1 spiro atoms. The van der Waals surface area contributed by atoms with Gasteiger partial charge in [-0.1, -0.05) is 44.2 Å². The maximum absolute atomic E-state index is 14.7. The van der Waals surface area contributed by atoms with Gasteiger partial charge in [-0.3, -0.25) is 14.4 Å². The van der Waals surface area contributed by atoms with E-state index in [1.54, 1.807) is 17.1 Å². The molecule has 2 unspecified atom stereocenters. The van der Waals surface area contributed by atoms with Crippen LogP contribution in [0.3, 0.4) is 0 Å². The number of anilines is 1. The first-order valence-corrected chi connectivity index (χ1v) is 14.1. The van der Waals surface area contributed by atoms with Gasteiger partial charge in [0.15, 0.2) is 0 Å². The molecule has 6 atom stereocenters. The summed E-state index contributed by atoms with van der Waals surface area (Å²) in [6.45, 7) is 15.4. The molecule has 8 heteroatoms. The van der Waals surface area contributed by atoms with E-state index in [-0.39, 0.29) is 31.6 Å². The largest absolute Gasteiger partial charge is 0.465 e. The third-order valence-corrected chi connectivity index (χ3v) is 9.04. The van der Waals surface area contributed by atoms with Crippen LogP contribution in [0.15, 0.2) is 43.5 Å². The molecule has 3 aliphatic heterocycles. The van der Waals surface area contributed by atoms with E-state index in [4.69, 9.17) is 9.47 Å². The number of aliphatic hydroxyl groups is 1. The predicted octanol–water partition coefficient (Wildman–Crippen LogP) is 3.87. The molecule has 1 N–H and O–H groups in total. The van der Waals surface area contributed by atoms with Crippen LogP contribution in [-0.4, -0.2) is 70.8 Å². The van der Waals surface area contributed by atoms with Crippen LogP contribution in [-0.2, 0) is 23.9 Å². The van der Waals surface area contributed by atoms with Gasteiger partial charge in [0.25, 0.3) is 5.91 Å². The molecule has 2 amide bonds. The highest BCUT2D eigenvalue weighted by molar-refractivity contribution is 6.05. The predicted molar refractivity (Wildman–Crippen MR) is 149 cm³/mol. The van der Waals surface area contributed by atoms with Crippen molar-refractivity contribution in [3.63, 3.8) is 0 Å². The molecule has 2 bridgehead atoms. The van der Waals surface area contributed by atoms with E-state index >= 15 is 0 Å². The molecule has 212 valence electrons. The van der Waals surface area contributed by atoms with Gasteiger partial charge in [-0.05, 0) is 57.1 Å². The Balaban J connectivity index is 1.86. The molecule has 1 aromatic rings. The molecular formula is C31H42N2O6. The molecule has 3 saturated heterocycles. The third-order valence-electron chi connectivity index (χ3n) is 9.04. The van der Waals surface area contributed by atoms with Crippen LogP contribution in [0.5, 0.6) is 0 Å². The Morgan fingerprint density at radius 2 is 1.92 bits per heavy atom. The SMILES string of the molecule is C=CCCOC(=O)[C@@H]1[C@H]2C(=O)N([C@@H](CC)CO)C(C(=O)N(CC=C)c3c(C)cccc3C)C23CC[C@@]1(CC)O3. The number of hydrogen-bond acceptors (Lipinski definition) is 6. The second-order valence-corrected chi connectivity index (χ2v) is 11.0.